The quantitative estimate of drug-likeness (QED) is 0.458. The van der Waals surface area contributed by atoms with Crippen LogP contribution in [0.1, 0.15) is 33.4 Å². The summed E-state index contributed by atoms with van der Waals surface area (Å²) >= 11 is 0. The first-order valence-electron chi connectivity index (χ1n) is 9.72. The maximum absolute atomic E-state index is 10.1. The summed E-state index contributed by atoms with van der Waals surface area (Å²) < 4.78 is 0. The van der Waals surface area contributed by atoms with E-state index >= 15 is 0 Å². The summed E-state index contributed by atoms with van der Waals surface area (Å²) in [4.78, 5) is 0. The molecule has 2 aliphatic rings. The molecule has 0 saturated carbocycles. The fourth-order valence-electron chi connectivity index (χ4n) is 4.54. The van der Waals surface area contributed by atoms with Gasteiger partial charge in [0.2, 0.25) is 0 Å². The van der Waals surface area contributed by atoms with E-state index in [1.54, 1.807) is 12.1 Å². The van der Waals surface area contributed by atoms with Crippen LogP contribution in [-0.2, 0) is 38.5 Å². The zero-order chi connectivity index (χ0) is 20.0. The zero-order valence-electron chi connectivity index (χ0n) is 15.5. The van der Waals surface area contributed by atoms with Crippen LogP contribution in [0.15, 0.2) is 24.3 Å². The van der Waals surface area contributed by atoms with Gasteiger partial charge in [-0.2, -0.15) is 0 Å². The van der Waals surface area contributed by atoms with Crippen LogP contribution in [0, 0.1) is 0 Å². The second-order valence-corrected chi connectivity index (χ2v) is 7.99. The van der Waals surface area contributed by atoms with Gasteiger partial charge in [-0.25, -0.2) is 0 Å². The second-order valence-electron chi connectivity index (χ2n) is 7.99. The van der Waals surface area contributed by atoms with Gasteiger partial charge in [0.1, 0.15) is 11.5 Å². The van der Waals surface area contributed by atoms with E-state index in [0.717, 1.165) is 22.3 Å². The summed E-state index contributed by atoms with van der Waals surface area (Å²) in [6, 6.07) is 6.96. The maximum atomic E-state index is 10.1. The van der Waals surface area contributed by atoms with Gasteiger partial charge in [-0.1, -0.05) is 12.1 Å². The van der Waals surface area contributed by atoms with Gasteiger partial charge in [0.05, 0.1) is 24.4 Å². The van der Waals surface area contributed by atoms with Gasteiger partial charge >= 0.3 is 0 Å². The molecule has 4 atom stereocenters. The van der Waals surface area contributed by atoms with Gasteiger partial charge in [0.25, 0.3) is 0 Å². The maximum Gasteiger partial charge on any atom is 0.119 e. The normalized spacial score (nSPS) is 26.6. The second kappa shape index (κ2) is 7.37. The number of phenols is 2. The van der Waals surface area contributed by atoms with E-state index < -0.39 is 24.4 Å². The molecule has 2 aliphatic carbocycles. The SMILES string of the molecule is Oc1ccc(CCc2ccc(O)c3c2C[C@@H](O)[C@@H](O)C3)c2c1C[C@H](O)[C@H](O)C2. The van der Waals surface area contributed by atoms with Crippen LogP contribution >= 0.6 is 0 Å². The average molecular weight is 386 g/mol. The number of aliphatic hydroxyl groups excluding tert-OH is 4. The monoisotopic (exact) mass is 386 g/mol. The fourth-order valence-corrected chi connectivity index (χ4v) is 4.54. The Balaban J connectivity index is 1.62. The Bertz CT molecular complexity index is 820. The molecular weight excluding hydrogens is 360 g/mol. The number of benzene rings is 2. The number of aromatic hydroxyl groups is 2. The van der Waals surface area contributed by atoms with Crippen molar-refractivity contribution in [2.24, 2.45) is 0 Å². The smallest absolute Gasteiger partial charge is 0.119 e. The van der Waals surface area contributed by atoms with Crippen molar-refractivity contribution in [2.45, 2.75) is 62.9 Å². The molecule has 4 rings (SSSR count). The Kier molecular flexibility index (Phi) is 5.05. The molecule has 0 spiro atoms. The summed E-state index contributed by atoms with van der Waals surface area (Å²) in [5.41, 5.74) is 5.19. The molecule has 2 aromatic carbocycles. The van der Waals surface area contributed by atoms with Crippen molar-refractivity contribution in [1.82, 2.24) is 0 Å². The number of aliphatic hydroxyl groups is 4. The molecule has 6 heteroatoms. The highest BCUT2D eigenvalue weighted by molar-refractivity contribution is 5.49. The minimum atomic E-state index is -0.870. The van der Waals surface area contributed by atoms with Crippen molar-refractivity contribution in [1.29, 1.82) is 0 Å². The van der Waals surface area contributed by atoms with Crippen molar-refractivity contribution in [3.05, 3.63) is 57.6 Å². The molecule has 2 aromatic rings. The molecule has 0 bridgehead atoms. The molecule has 0 heterocycles. The summed E-state index contributed by atoms with van der Waals surface area (Å²) in [5, 5.41) is 60.2. The van der Waals surface area contributed by atoms with Crippen LogP contribution in [0.3, 0.4) is 0 Å². The minimum Gasteiger partial charge on any atom is -0.508 e. The fraction of sp³-hybridized carbons (Fsp3) is 0.455. The number of fused-ring (bicyclic) bond motifs is 2. The molecule has 6 nitrogen and oxygen atoms in total. The summed E-state index contributed by atoms with van der Waals surface area (Å²) in [6.07, 6.45) is -1.02. The van der Waals surface area contributed by atoms with E-state index in [-0.39, 0.29) is 24.3 Å². The van der Waals surface area contributed by atoms with Crippen LogP contribution in [-0.4, -0.2) is 55.1 Å². The van der Waals surface area contributed by atoms with Crippen molar-refractivity contribution >= 4 is 0 Å². The van der Waals surface area contributed by atoms with Gasteiger partial charge in [0, 0.05) is 36.8 Å². The highest BCUT2D eigenvalue weighted by atomic mass is 16.3. The molecule has 0 saturated heterocycles. The molecule has 6 N–H and O–H groups in total. The predicted molar refractivity (Wildman–Crippen MR) is 102 cm³/mol. The molecule has 0 unspecified atom stereocenters. The number of hydrogen-bond donors (Lipinski definition) is 6. The van der Waals surface area contributed by atoms with Crippen LogP contribution in [0.25, 0.3) is 0 Å². The number of phenolic OH excluding ortho intramolecular Hbond substituents is 2. The van der Waals surface area contributed by atoms with Crippen molar-refractivity contribution in [2.75, 3.05) is 0 Å². The first kappa shape index (κ1) is 19.2. The summed E-state index contributed by atoms with van der Waals surface area (Å²) in [6.45, 7) is 0. The Morgan fingerprint density at radius 2 is 0.857 bits per heavy atom. The van der Waals surface area contributed by atoms with E-state index in [2.05, 4.69) is 0 Å². The molecule has 0 radical (unpaired) electrons. The van der Waals surface area contributed by atoms with Crippen LogP contribution in [0.2, 0.25) is 0 Å². The zero-order valence-corrected chi connectivity index (χ0v) is 15.5. The van der Waals surface area contributed by atoms with Crippen LogP contribution in [0.5, 0.6) is 11.5 Å². The van der Waals surface area contributed by atoms with Gasteiger partial charge in [-0.05, 0) is 47.2 Å². The minimum absolute atomic E-state index is 0.142. The molecule has 0 fully saturated rings. The molecule has 0 amide bonds. The highest BCUT2D eigenvalue weighted by Crippen LogP contribution is 2.35. The van der Waals surface area contributed by atoms with Gasteiger partial charge < -0.3 is 30.6 Å². The Morgan fingerprint density at radius 3 is 1.21 bits per heavy atom. The average Bonchev–Trinajstić information content (AvgIpc) is 2.66. The highest BCUT2D eigenvalue weighted by Gasteiger charge is 2.30. The van der Waals surface area contributed by atoms with E-state index in [9.17, 15) is 30.6 Å². The molecule has 0 aromatic heterocycles. The Labute approximate surface area is 163 Å². The standard InChI is InChI=1S/C22H26O6/c23-17-5-3-11(13-7-19(25)21(27)9-15(13)17)1-2-12-4-6-18(24)16-10-22(28)20(26)8-14(12)16/h3-6,19-28H,1-2,7-10H2/t19-,20-,21+,22+/m1/s1. The lowest BCUT2D eigenvalue weighted by atomic mass is 9.81. The first-order valence-corrected chi connectivity index (χ1v) is 9.72. The lowest BCUT2D eigenvalue weighted by Crippen LogP contribution is -2.35. The van der Waals surface area contributed by atoms with Crippen LogP contribution in [0.4, 0.5) is 0 Å². The molecule has 28 heavy (non-hydrogen) atoms. The number of aryl methyl sites for hydroxylation is 2. The summed E-state index contributed by atoms with van der Waals surface area (Å²) in [5.74, 6) is 0.285. The van der Waals surface area contributed by atoms with Gasteiger partial charge in [-0.3, -0.25) is 0 Å². The third-order valence-corrected chi connectivity index (χ3v) is 6.21. The van der Waals surface area contributed by atoms with E-state index in [4.69, 9.17) is 0 Å². The van der Waals surface area contributed by atoms with E-state index in [1.807, 2.05) is 12.1 Å². The molecular formula is C22H26O6. The van der Waals surface area contributed by atoms with Crippen molar-refractivity contribution in [3.8, 4) is 11.5 Å². The Hall–Kier alpha value is -2.12. The first-order chi connectivity index (χ1) is 13.3. The van der Waals surface area contributed by atoms with Gasteiger partial charge in [-0.15, -0.1) is 0 Å². The molecule has 150 valence electrons. The number of hydrogen-bond acceptors (Lipinski definition) is 6. The van der Waals surface area contributed by atoms with Crippen molar-refractivity contribution < 1.29 is 30.6 Å². The molecule has 0 aliphatic heterocycles. The topological polar surface area (TPSA) is 121 Å². The van der Waals surface area contributed by atoms with Gasteiger partial charge in [0.15, 0.2) is 0 Å². The lowest BCUT2D eigenvalue weighted by Gasteiger charge is -2.29. The predicted octanol–water partition coefficient (Wildman–Crippen LogP) is 0.524. The lowest BCUT2D eigenvalue weighted by molar-refractivity contribution is 0.0134. The number of rotatable bonds is 3. The third-order valence-electron chi connectivity index (χ3n) is 6.21. The van der Waals surface area contributed by atoms with Crippen LogP contribution < -0.4 is 0 Å². The summed E-state index contributed by atoms with van der Waals surface area (Å²) in [7, 11) is 0. The van der Waals surface area contributed by atoms with E-state index in [1.165, 1.54) is 0 Å². The Morgan fingerprint density at radius 1 is 0.536 bits per heavy atom. The largest absolute Gasteiger partial charge is 0.508 e. The van der Waals surface area contributed by atoms with E-state index in [0.29, 0.717) is 36.8 Å². The third kappa shape index (κ3) is 3.37. The van der Waals surface area contributed by atoms with Crippen molar-refractivity contribution in [3.63, 3.8) is 0 Å².